The van der Waals surface area contributed by atoms with E-state index in [1.807, 2.05) is 0 Å². The Hall–Kier alpha value is -1.72. The van der Waals surface area contributed by atoms with Crippen LogP contribution in [0.1, 0.15) is 34.1 Å². The van der Waals surface area contributed by atoms with Crippen LogP contribution in [-0.4, -0.2) is 28.9 Å². The fourth-order valence-corrected chi connectivity index (χ4v) is 2.52. The summed E-state index contributed by atoms with van der Waals surface area (Å²) in [4.78, 5) is 24.6. The summed E-state index contributed by atoms with van der Waals surface area (Å²) in [6, 6.07) is 0. The highest BCUT2D eigenvalue weighted by atomic mass is 35.5. The molecule has 0 aromatic heterocycles. The third-order valence-electron chi connectivity index (χ3n) is 3.10. The van der Waals surface area contributed by atoms with E-state index in [0.717, 1.165) is 0 Å². The monoisotopic (exact) mass is 316 g/mol. The molecule has 0 spiro atoms. The van der Waals surface area contributed by atoms with E-state index < -0.39 is 28.6 Å². The number of benzene rings is 1. The first-order valence-electron chi connectivity index (χ1n) is 5.66. The second-order valence-corrected chi connectivity index (χ2v) is 4.85. The molecule has 5 nitrogen and oxygen atoms in total. The Morgan fingerprint density at radius 1 is 1.00 bits per heavy atom. The molecule has 0 radical (unpaired) electrons. The number of hydrogen-bond donors (Lipinski definition) is 2. The van der Waals surface area contributed by atoms with E-state index in [4.69, 9.17) is 27.9 Å². The number of fused-ring (bicyclic) bond motifs is 1. The molecule has 1 aromatic rings. The van der Waals surface area contributed by atoms with Crippen molar-refractivity contribution in [2.45, 2.75) is 13.3 Å². The van der Waals surface area contributed by atoms with E-state index >= 15 is 0 Å². The number of phenols is 2. The number of ketones is 2. The molecule has 0 atom stereocenters. The van der Waals surface area contributed by atoms with Crippen molar-refractivity contribution in [2.24, 2.45) is 0 Å². The number of methoxy groups -OCH3 is 1. The molecule has 0 amide bonds. The Bertz CT molecular complexity index is 619. The number of halogens is 2. The van der Waals surface area contributed by atoms with Crippen LogP contribution in [0.4, 0.5) is 0 Å². The minimum Gasteiger partial charge on any atom is -0.506 e. The number of carbonyl (C=O) groups is 2. The van der Waals surface area contributed by atoms with Gasteiger partial charge in [-0.15, -0.1) is 0 Å². The molecule has 1 aliphatic rings. The average Bonchev–Trinajstić information content (AvgIpc) is 2.43. The van der Waals surface area contributed by atoms with Crippen molar-refractivity contribution in [3.8, 4) is 11.5 Å². The zero-order valence-corrected chi connectivity index (χ0v) is 12.1. The van der Waals surface area contributed by atoms with Gasteiger partial charge in [0.15, 0.2) is 11.5 Å². The Kier molecular flexibility index (Phi) is 3.67. The Labute approximate surface area is 124 Å². The second kappa shape index (κ2) is 5.00. The maximum absolute atomic E-state index is 12.3. The minimum absolute atomic E-state index is 0.109. The van der Waals surface area contributed by atoms with Crippen LogP contribution in [0, 0.1) is 0 Å². The first-order valence-corrected chi connectivity index (χ1v) is 6.41. The summed E-state index contributed by atoms with van der Waals surface area (Å²) in [5.41, 5.74) is -0.631. The van der Waals surface area contributed by atoms with Gasteiger partial charge in [0.2, 0.25) is 5.78 Å². The molecule has 20 heavy (non-hydrogen) atoms. The molecule has 7 heteroatoms. The van der Waals surface area contributed by atoms with E-state index in [1.165, 1.54) is 7.11 Å². The number of phenolic OH excluding ortho intramolecular Hbond substituents is 2. The van der Waals surface area contributed by atoms with Crippen LogP contribution in [0.5, 0.6) is 11.5 Å². The molecule has 1 aromatic carbocycles. The zero-order chi connectivity index (χ0) is 15.2. The number of ether oxygens (including phenoxy) is 1. The summed E-state index contributed by atoms with van der Waals surface area (Å²) in [6.45, 7) is 1.67. The Morgan fingerprint density at radius 3 is 1.85 bits per heavy atom. The van der Waals surface area contributed by atoms with Crippen molar-refractivity contribution in [3.63, 3.8) is 0 Å². The van der Waals surface area contributed by atoms with Crippen molar-refractivity contribution in [3.05, 3.63) is 32.5 Å². The summed E-state index contributed by atoms with van der Waals surface area (Å²) in [5, 5.41) is 19.1. The third kappa shape index (κ3) is 1.77. The maximum Gasteiger partial charge on any atom is 0.232 e. The lowest BCUT2D eigenvalue weighted by molar-refractivity contribution is 0.0898. The first-order chi connectivity index (χ1) is 9.36. The molecular formula is C13H10Cl2O5. The number of Topliss-reactive ketones (excluding diaryl/α,β-unsaturated/α-hetero) is 2. The average molecular weight is 317 g/mol. The van der Waals surface area contributed by atoms with Gasteiger partial charge in [0, 0.05) is 5.57 Å². The highest BCUT2D eigenvalue weighted by molar-refractivity contribution is 6.45. The highest BCUT2D eigenvalue weighted by Gasteiger charge is 2.39. The molecular weight excluding hydrogens is 307 g/mol. The topological polar surface area (TPSA) is 83.8 Å². The fraction of sp³-hybridized carbons (Fsp3) is 0.231. The van der Waals surface area contributed by atoms with Crippen LogP contribution in [0.3, 0.4) is 0 Å². The van der Waals surface area contributed by atoms with Gasteiger partial charge in [0.1, 0.15) is 21.5 Å². The summed E-state index contributed by atoms with van der Waals surface area (Å²) in [6.07, 6.45) is 0.230. The standard InChI is InChI=1S/C13H10Cl2O5/c1-3-4-9(16)5-6(12(19)13(4)20-2)11(18)8(15)7(14)10(5)17/h17-18H,3H2,1-2H3. The number of hydrogen-bond acceptors (Lipinski definition) is 5. The van der Waals surface area contributed by atoms with Crippen LogP contribution >= 0.6 is 23.2 Å². The van der Waals surface area contributed by atoms with Gasteiger partial charge >= 0.3 is 0 Å². The van der Waals surface area contributed by atoms with Crippen molar-refractivity contribution in [1.82, 2.24) is 0 Å². The van der Waals surface area contributed by atoms with Crippen LogP contribution in [0.2, 0.25) is 10.0 Å². The van der Waals surface area contributed by atoms with Crippen LogP contribution in [0.15, 0.2) is 11.3 Å². The third-order valence-corrected chi connectivity index (χ3v) is 3.93. The zero-order valence-electron chi connectivity index (χ0n) is 10.6. The molecule has 2 rings (SSSR count). The van der Waals surface area contributed by atoms with Gasteiger partial charge < -0.3 is 14.9 Å². The molecule has 106 valence electrons. The molecule has 2 N–H and O–H groups in total. The van der Waals surface area contributed by atoms with E-state index in [2.05, 4.69) is 0 Å². The van der Waals surface area contributed by atoms with Crippen molar-refractivity contribution < 1.29 is 24.5 Å². The lowest BCUT2D eigenvalue weighted by Crippen LogP contribution is -2.23. The SMILES string of the molecule is CCC1=C(OC)C(=O)c2c(O)c(Cl)c(Cl)c(O)c2C1=O. The first kappa shape index (κ1) is 14.7. The lowest BCUT2D eigenvalue weighted by atomic mass is 9.85. The van der Waals surface area contributed by atoms with Crippen LogP contribution < -0.4 is 0 Å². The Balaban J connectivity index is 2.90. The molecule has 0 bridgehead atoms. The van der Waals surface area contributed by atoms with Gasteiger partial charge in [-0.05, 0) is 6.42 Å². The number of aromatic hydroxyl groups is 2. The molecule has 1 aliphatic carbocycles. The smallest absolute Gasteiger partial charge is 0.232 e. The van der Waals surface area contributed by atoms with Crippen molar-refractivity contribution >= 4 is 34.8 Å². The maximum atomic E-state index is 12.3. The molecule has 0 heterocycles. The fourth-order valence-electron chi connectivity index (χ4n) is 2.15. The molecule has 0 unspecified atom stereocenters. The van der Waals surface area contributed by atoms with E-state index in [9.17, 15) is 19.8 Å². The van der Waals surface area contributed by atoms with Gasteiger partial charge in [0.05, 0.1) is 18.2 Å². The van der Waals surface area contributed by atoms with Crippen molar-refractivity contribution in [2.75, 3.05) is 7.11 Å². The summed E-state index contributed by atoms with van der Waals surface area (Å²) in [5.74, 6) is -2.77. The van der Waals surface area contributed by atoms with Crippen LogP contribution in [-0.2, 0) is 4.74 Å². The van der Waals surface area contributed by atoms with Gasteiger partial charge in [-0.3, -0.25) is 9.59 Å². The minimum atomic E-state index is -0.717. The van der Waals surface area contributed by atoms with E-state index in [-0.39, 0.29) is 33.4 Å². The Morgan fingerprint density at radius 2 is 1.45 bits per heavy atom. The quantitative estimate of drug-likeness (QED) is 0.819. The largest absolute Gasteiger partial charge is 0.506 e. The number of rotatable bonds is 2. The summed E-state index contributed by atoms with van der Waals surface area (Å²) in [7, 11) is 1.25. The molecule has 0 aliphatic heterocycles. The second-order valence-electron chi connectivity index (χ2n) is 4.10. The van der Waals surface area contributed by atoms with Gasteiger partial charge in [-0.25, -0.2) is 0 Å². The van der Waals surface area contributed by atoms with Crippen molar-refractivity contribution in [1.29, 1.82) is 0 Å². The molecule has 0 saturated heterocycles. The molecule has 0 saturated carbocycles. The number of allylic oxidation sites excluding steroid dienone is 2. The van der Waals surface area contributed by atoms with E-state index in [1.54, 1.807) is 6.92 Å². The normalized spacial score (nSPS) is 14.6. The van der Waals surface area contributed by atoms with Gasteiger partial charge in [-0.1, -0.05) is 30.1 Å². The lowest BCUT2D eigenvalue weighted by Gasteiger charge is -2.22. The highest BCUT2D eigenvalue weighted by Crippen LogP contribution is 2.47. The summed E-state index contributed by atoms with van der Waals surface area (Å²) >= 11 is 11.5. The summed E-state index contributed by atoms with van der Waals surface area (Å²) < 4.78 is 4.94. The van der Waals surface area contributed by atoms with Gasteiger partial charge in [0.25, 0.3) is 0 Å². The van der Waals surface area contributed by atoms with Crippen LogP contribution in [0.25, 0.3) is 0 Å². The predicted molar refractivity (Wildman–Crippen MR) is 72.8 cm³/mol. The van der Waals surface area contributed by atoms with E-state index in [0.29, 0.717) is 0 Å². The van der Waals surface area contributed by atoms with Gasteiger partial charge in [-0.2, -0.15) is 0 Å². The molecule has 0 fully saturated rings. The predicted octanol–water partition coefficient (Wildman–Crippen LogP) is 3.09. The number of carbonyl (C=O) groups excluding carboxylic acids is 2.